The Labute approximate surface area is 127 Å². The molecule has 5 heteroatoms. The van der Waals surface area contributed by atoms with Crippen LogP contribution in [0.25, 0.3) is 16.8 Å². The zero-order valence-corrected chi connectivity index (χ0v) is 11.9. The van der Waals surface area contributed by atoms with Gasteiger partial charge in [-0.15, -0.1) is 0 Å². The van der Waals surface area contributed by atoms with Gasteiger partial charge in [0.2, 0.25) is 0 Å². The Morgan fingerprint density at radius 3 is 2.50 bits per heavy atom. The van der Waals surface area contributed by atoms with Gasteiger partial charge in [0.15, 0.2) is 0 Å². The molecule has 0 saturated heterocycles. The molecule has 1 aromatic heterocycles. The summed E-state index contributed by atoms with van der Waals surface area (Å²) in [4.78, 5) is 12.2. The van der Waals surface area contributed by atoms with Gasteiger partial charge >= 0.3 is 0 Å². The number of phenols is 1. The molecule has 0 aliphatic rings. The maximum Gasteiger partial charge on any atom is 0.272 e. The van der Waals surface area contributed by atoms with Crippen molar-refractivity contribution < 1.29 is 9.84 Å². The fourth-order valence-electron chi connectivity index (χ4n) is 2.20. The van der Waals surface area contributed by atoms with Crippen molar-refractivity contribution >= 4 is 0 Å². The normalized spacial score (nSPS) is 10.4. The summed E-state index contributed by atoms with van der Waals surface area (Å²) in [6.07, 6.45) is 1.55. The zero-order chi connectivity index (χ0) is 15.5. The average molecular weight is 294 g/mol. The molecule has 3 rings (SSSR count). The number of ether oxygens (including phenoxy) is 1. The van der Waals surface area contributed by atoms with E-state index in [9.17, 15) is 9.90 Å². The summed E-state index contributed by atoms with van der Waals surface area (Å²) in [5.74, 6) is 0.588. The van der Waals surface area contributed by atoms with Crippen LogP contribution >= 0.6 is 0 Å². The van der Waals surface area contributed by atoms with Gasteiger partial charge in [-0.3, -0.25) is 4.79 Å². The Morgan fingerprint density at radius 1 is 1.09 bits per heavy atom. The molecule has 0 aliphatic carbocycles. The van der Waals surface area contributed by atoms with Gasteiger partial charge in [-0.2, -0.15) is 9.78 Å². The van der Waals surface area contributed by atoms with E-state index < -0.39 is 0 Å². The highest BCUT2D eigenvalue weighted by Gasteiger charge is 2.09. The van der Waals surface area contributed by atoms with E-state index in [-0.39, 0.29) is 11.3 Å². The van der Waals surface area contributed by atoms with Crippen LogP contribution in [-0.2, 0) is 0 Å². The van der Waals surface area contributed by atoms with Crippen LogP contribution < -0.4 is 10.3 Å². The van der Waals surface area contributed by atoms with E-state index in [1.807, 2.05) is 18.2 Å². The van der Waals surface area contributed by atoms with Crippen molar-refractivity contribution in [2.24, 2.45) is 0 Å². The van der Waals surface area contributed by atoms with Crippen LogP contribution in [-0.4, -0.2) is 22.0 Å². The molecule has 2 aromatic carbocycles. The van der Waals surface area contributed by atoms with E-state index in [0.29, 0.717) is 22.6 Å². The highest BCUT2D eigenvalue weighted by atomic mass is 16.5. The topological polar surface area (TPSA) is 64.4 Å². The van der Waals surface area contributed by atoms with Gasteiger partial charge in [0.1, 0.15) is 11.5 Å². The van der Waals surface area contributed by atoms with Gasteiger partial charge < -0.3 is 9.84 Å². The molecule has 0 saturated carbocycles. The van der Waals surface area contributed by atoms with E-state index in [2.05, 4.69) is 5.10 Å². The van der Waals surface area contributed by atoms with Crippen molar-refractivity contribution in [2.75, 3.05) is 7.11 Å². The van der Waals surface area contributed by atoms with Crippen LogP contribution in [0.1, 0.15) is 0 Å². The Hall–Kier alpha value is -3.08. The number of hydrogen-bond acceptors (Lipinski definition) is 4. The summed E-state index contributed by atoms with van der Waals surface area (Å²) >= 11 is 0. The highest BCUT2D eigenvalue weighted by Crippen LogP contribution is 2.31. The molecular weight excluding hydrogens is 280 g/mol. The van der Waals surface area contributed by atoms with E-state index in [1.54, 1.807) is 30.5 Å². The second-order valence-electron chi connectivity index (χ2n) is 4.71. The lowest BCUT2D eigenvalue weighted by Crippen LogP contribution is -2.19. The Balaban J connectivity index is 2.04. The Morgan fingerprint density at radius 2 is 1.86 bits per heavy atom. The second-order valence-corrected chi connectivity index (χ2v) is 4.71. The molecule has 0 radical (unpaired) electrons. The maximum absolute atomic E-state index is 12.2. The smallest absolute Gasteiger partial charge is 0.272 e. The number of aromatic nitrogens is 2. The number of phenolic OH excluding ortho intramolecular Hbond substituents is 1. The minimum atomic E-state index is -0.265. The number of rotatable bonds is 3. The first-order valence-corrected chi connectivity index (χ1v) is 6.71. The lowest BCUT2D eigenvalue weighted by molar-refractivity contribution is 0.408. The van der Waals surface area contributed by atoms with Crippen LogP contribution in [0.2, 0.25) is 0 Å². The fourth-order valence-corrected chi connectivity index (χ4v) is 2.20. The van der Waals surface area contributed by atoms with Crippen molar-refractivity contribution in [3.63, 3.8) is 0 Å². The third-order valence-electron chi connectivity index (χ3n) is 3.32. The average Bonchev–Trinajstić information content (AvgIpc) is 2.55. The van der Waals surface area contributed by atoms with Crippen LogP contribution in [0.15, 0.2) is 65.6 Å². The van der Waals surface area contributed by atoms with Crippen LogP contribution in [0.5, 0.6) is 11.5 Å². The quantitative estimate of drug-likeness (QED) is 0.806. The molecule has 22 heavy (non-hydrogen) atoms. The molecule has 0 amide bonds. The number of hydrogen-bond donors (Lipinski definition) is 1. The third kappa shape index (κ3) is 2.56. The SMILES string of the molecule is COc1ccc(-c2cnn(-c3ccccc3)c(=O)c2)c(O)c1. The number of nitrogens with zero attached hydrogens (tertiary/aromatic N) is 2. The van der Waals surface area contributed by atoms with Crippen molar-refractivity contribution in [3.05, 3.63) is 71.1 Å². The van der Waals surface area contributed by atoms with Gasteiger partial charge in [-0.1, -0.05) is 18.2 Å². The molecule has 0 atom stereocenters. The molecule has 0 aliphatic heterocycles. The predicted octanol–water partition coefficient (Wildman–Crippen LogP) is 2.61. The first-order chi connectivity index (χ1) is 10.7. The molecule has 1 heterocycles. The number of benzene rings is 2. The van der Waals surface area contributed by atoms with Gasteiger partial charge in [-0.25, -0.2) is 0 Å². The van der Waals surface area contributed by atoms with Gasteiger partial charge in [0.05, 0.1) is 19.0 Å². The molecule has 0 unspecified atom stereocenters. The highest BCUT2D eigenvalue weighted by molar-refractivity contribution is 5.70. The Kier molecular flexibility index (Phi) is 3.62. The molecule has 0 spiro atoms. The summed E-state index contributed by atoms with van der Waals surface area (Å²) in [6, 6.07) is 15.5. The molecule has 0 bridgehead atoms. The van der Waals surface area contributed by atoms with E-state index in [4.69, 9.17) is 4.74 Å². The third-order valence-corrected chi connectivity index (χ3v) is 3.32. The first-order valence-electron chi connectivity index (χ1n) is 6.71. The van der Waals surface area contributed by atoms with Crippen molar-refractivity contribution in [1.82, 2.24) is 9.78 Å². The standard InChI is InChI=1S/C17H14N2O3/c1-22-14-7-8-15(16(20)10-14)12-9-17(21)19(18-11-12)13-5-3-2-4-6-13/h2-11,20H,1H3. The Bertz CT molecular complexity index is 857. The summed E-state index contributed by atoms with van der Waals surface area (Å²) < 4.78 is 6.35. The minimum absolute atomic E-state index is 0.0398. The van der Waals surface area contributed by atoms with E-state index >= 15 is 0 Å². The zero-order valence-electron chi connectivity index (χ0n) is 11.9. The fraction of sp³-hybridized carbons (Fsp3) is 0.0588. The number of aromatic hydroxyl groups is 1. The van der Waals surface area contributed by atoms with E-state index in [0.717, 1.165) is 0 Å². The molecule has 0 fully saturated rings. The molecular formula is C17H14N2O3. The van der Waals surface area contributed by atoms with E-state index in [1.165, 1.54) is 23.9 Å². The van der Waals surface area contributed by atoms with Crippen molar-refractivity contribution in [3.8, 4) is 28.3 Å². The van der Waals surface area contributed by atoms with Gasteiger partial charge in [0, 0.05) is 23.3 Å². The summed E-state index contributed by atoms with van der Waals surface area (Å²) in [6.45, 7) is 0. The largest absolute Gasteiger partial charge is 0.507 e. The van der Waals surface area contributed by atoms with Crippen LogP contribution in [0.4, 0.5) is 0 Å². The molecule has 1 N–H and O–H groups in total. The first kappa shape index (κ1) is 13.9. The monoisotopic (exact) mass is 294 g/mol. The van der Waals surface area contributed by atoms with Gasteiger partial charge in [-0.05, 0) is 24.3 Å². The summed E-state index contributed by atoms with van der Waals surface area (Å²) in [7, 11) is 1.52. The lowest BCUT2D eigenvalue weighted by Gasteiger charge is -2.08. The minimum Gasteiger partial charge on any atom is -0.507 e. The molecule has 110 valence electrons. The second kappa shape index (κ2) is 5.73. The summed E-state index contributed by atoms with van der Waals surface area (Å²) in [5, 5.41) is 14.2. The molecule has 5 nitrogen and oxygen atoms in total. The maximum atomic E-state index is 12.2. The number of para-hydroxylation sites is 1. The van der Waals surface area contributed by atoms with Crippen LogP contribution in [0, 0.1) is 0 Å². The molecule has 3 aromatic rings. The number of methoxy groups -OCH3 is 1. The van der Waals surface area contributed by atoms with Crippen molar-refractivity contribution in [2.45, 2.75) is 0 Å². The van der Waals surface area contributed by atoms with Crippen LogP contribution in [0.3, 0.4) is 0 Å². The predicted molar refractivity (Wildman–Crippen MR) is 83.5 cm³/mol. The van der Waals surface area contributed by atoms with Gasteiger partial charge in [0.25, 0.3) is 5.56 Å². The lowest BCUT2D eigenvalue weighted by atomic mass is 10.1. The van der Waals surface area contributed by atoms with Crippen molar-refractivity contribution in [1.29, 1.82) is 0 Å². The summed E-state index contributed by atoms with van der Waals surface area (Å²) in [5.41, 5.74) is 1.51.